The molecule has 0 spiro atoms. The third kappa shape index (κ3) is 4.54. The van der Waals surface area contributed by atoms with E-state index in [1.54, 1.807) is 36.4 Å². The third-order valence-electron chi connectivity index (χ3n) is 4.54. The zero-order valence-electron chi connectivity index (χ0n) is 16.5. The van der Waals surface area contributed by atoms with Crippen molar-refractivity contribution in [1.82, 2.24) is 5.43 Å². The maximum atomic E-state index is 12.6. The summed E-state index contributed by atoms with van der Waals surface area (Å²) in [6.07, 6.45) is 1.46. The molecule has 0 aliphatic carbocycles. The summed E-state index contributed by atoms with van der Waals surface area (Å²) in [5.41, 5.74) is 3.68. The Kier molecular flexibility index (Phi) is 5.75. The number of benzene rings is 3. The van der Waals surface area contributed by atoms with Crippen LogP contribution in [-0.4, -0.2) is 29.7 Å². The lowest BCUT2D eigenvalue weighted by atomic mass is 10.1. The summed E-state index contributed by atoms with van der Waals surface area (Å²) in [4.78, 5) is 35.3. The SMILES string of the molecule is O=C(Nc1ccccc1C(=O)N/N=C\c1ccc2c(c1)OCO2)c1ccc([N+](=O)[O-])cc1. The first kappa shape index (κ1) is 20.5. The van der Waals surface area contributed by atoms with Gasteiger partial charge in [-0.2, -0.15) is 5.10 Å². The van der Waals surface area contributed by atoms with E-state index >= 15 is 0 Å². The topological polar surface area (TPSA) is 132 Å². The molecule has 32 heavy (non-hydrogen) atoms. The fourth-order valence-corrected chi connectivity index (χ4v) is 2.94. The summed E-state index contributed by atoms with van der Waals surface area (Å²) >= 11 is 0. The van der Waals surface area contributed by atoms with Gasteiger partial charge >= 0.3 is 0 Å². The number of carbonyl (C=O) groups is 2. The van der Waals surface area contributed by atoms with Gasteiger partial charge in [-0.05, 0) is 48.0 Å². The van der Waals surface area contributed by atoms with E-state index in [-0.39, 0.29) is 29.3 Å². The number of fused-ring (bicyclic) bond motifs is 1. The van der Waals surface area contributed by atoms with Crippen LogP contribution in [0.1, 0.15) is 26.3 Å². The van der Waals surface area contributed by atoms with Crippen molar-refractivity contribution in [3.63, 3.8) is 0 Å². The second-order valence-electron chi connectivity index (χ2n) is 6.62. The van der Waals surface area contributed by atoms with Crippen molar-refractivity contribution in [2.45, 2.75) is 0 Å². The second-order valence-corrected chi connectivity index (χ2v) is 6.62. The molecule has 0 saturated carbocycles. The van der Waals surface area contributed by atoms with Crippen molar-refractivity contribution < 1.29 is 24.0 Å². The molecule has 0 saturated heterocycles. The van der Waals surface area contributed by atoms with Crippen LogP contribution in [-0.2, 0) is 0 Å². The highest BCUT2D eigenvalue weighted by Crippen LogP contribution is 2.32. The van der Waals surface area contributed by atoms with Gasteiger partial charge in [-0.15, -0.1) is 0 Å². The molecule has 0 bridgehead atoms. The van der Waals surface area contributed by atoms with Crippen molar-refractivity contribution >= 4 is 29.4 Å². The van der Waals surface area contributed by atoms with Crippen LogP contribution in [0.3, 0.4) is 0 Å². The fourth-order valence-electron chi connectivity index (χ4n) is 2.94. The average molecular weight is 432 g/mol. The molecule has 10 heteroatoms. The molecule has 0 radical (unpaired) electrons. The van der Waals surface area contributed by atoms with Gasteiger partial charge in [-0.25, -0.2) is 5.43 Å². The number of non-ortho nitro benzene ring substituents is 1. The fraction of sp³-hybridized carbons (Fsp3) is 0.0455. The molecular weight excluding hydrogens is 416 g/mol. The van der Waals surface area contributed by atoms with Gasteiger partial charge in [0.05, 0.1) is 22.4 Å². The van der Waals surface area contributed by atoms with E-state index in [4.69, 9.17) is 9.47 Å². The number of para-hydroxylation sites is 1. The molecule has 1 heterocycles. The Hall–Kier alpha value is -4.73. The van der Waals surface area contributed by atoms with E-state index in [1.165, 1.54) is 36.5 Å². The van der Waals surface area contributed by atoms with Crippen LogP contribution in [0.5, 0.6) is 11.5 Å². The predicted octanol–water partition coefficient (Wildman–Crippen LogP) is 3.34. The predicted molar refractivity (Wildman–Crippen MR) is 115 cm³/mol. The van der Waals surface area contributed by atoms with Crippen LogP contribution in [0.4, 0.5) is 11.4 Å². The van der Waals surface area contributed by atoms with Gasteiger partial charge in [0.2, 0.25) is 6.79 Å². The summed E-state index contributed by atoms with van der Waals surface area (Å²) in [6, 6.07) is 16.8. The zero-order valence-corrected chi connectivity index (χ0v) is 16.5. The van der Waals surface area contributed by atoms with Crippen LogP contribution in [0.25, 0.3) is 0 Å². The number of nitro benzene ring substituents is 1. The minimum absolute atomic E-state index is 0.123. The molecule has 2 amide bonds. The number of nitro groups is 1. The number of rotatable bonds is 6. The minimum atomic E-state index is -0.550. The molecule has 4 rings (SSSR count). The first-order chi connectivity index (χ1) is 15.5. The highest BCUT2D eigenvalue weighted by Gasteiger charge is 2.15. The number of amides is 2. The molecular formula is C22H16N4O6. The second kappa shape index (κ2) is 8.96. The Balaban J connectivity index is 1.43. The van der Waals surface area contributed by atoms with Crippen LogP contribution >= 0.6 is 0 Å². The van der Waals surface area contributed by atoms with E-state index < -0.39 is 16.7 Å². The Morgan fingerprint density at radius 1 is 0.969 bits per heavy atom. The lowest BCUT2D eigenvalue weighted by Gasteiger charge is -2.10. The van der Waals surface area contributed by atoms with Crippen molar-refractivity contribution in [2.24, 2.45) is 5.10 Å². The van der Waals surface area contributed by atoms with Gasteiger partial charge in [0.25, 0.3) is 17.5 Å². The molecule has 160 valence electrons. The van der Waals surface area contributed by atoms with Crippen molar-refractivity contribution in [1.29, 1.82) is 0 Å². The molecule has 1 aliphatic rings. The summed E-state index contributed by atoms with van der Waals surface area (Å²) in [6.45, 7) is 0.162. The maximum absolute atomic E-state index is 12.6. The molecule has 3 aromatic rings. The Bertz CT molecular complexity index is 1220. The van der Waals surface area contributed by atoms with E-state index in [1.807, 2.05) is 0 Å². The molecule has 0 atom stereocenters. The lowest BCUT2D eigenvalue weighted by Crippen LogP contribution is -2.21. The highest BCUT2D eigenvalue weighted by atomic mass is 16.7. The number of hydrogen-bond acceptors (Lipinski definition) is 7. The largest absolute Gasteiger partial charge is 0.454 e. The van der Waals surface area contributed by atoms with Crippen LogP contribution in [0, 0.1) is 10.1 Å². The Labute approximate surface area is 181 Å². The number of anilines is 1. The molecule has 3 aromatic carbocycles. The molecule has 10 nitrogen and oxygen atoms in total. The molecule has 0 unspecified atom stereocenters. The standard InChI is InChI=1S/C22H16N4O6/c27-21(15-6-8-16(9-7-15)26(29)30)24-18-4-2-1-3-17(18)22(28)25-23-12-14-5-10-19-20(11-14)32-13-31-19/h1-12H,13H2,(H,24,27)(H,25,28)/b23-12-. The van der Waals surface area contributed by atoms with Gasteiger partial charge < -0.3 is 14.8 Å². The van der Waals surface area contributed by atoms with Gasteiger partial charge in [0.15, 0.2) is 11.5 Å². The summed E-state index contributed by atoms with van der Waals surface area (Å²) < 4.78 is 10.5. The van der Waals surface area contributed by atoms with Gasteiger partial charge in [0.1, 0.15) is 0 Å². The van der Waals surface area contributed by atoms with Gasteiger partial charge in [0, 0.05) is 17.7 Å². The highest BCUT2D eigenvalue weighted by molar-refractivity contribution is 6.09. The smallest absolute Gasteiger partial charge is 0.273 e. The molecule has 2 N–H and O–H groups in total. The van der Waals surface area contributed by atoms with Crippen LogP contribution in [0.2, 0.25) is 0 Å². The monoisotopic (exact) mass is 432 g/mol. The summed E-state index contributed by atoms with van der Waals surface area (Å²) in [7, 11) is 0. The molecule has 0 aromatic heterocycles. The number of carbonyl (C=O) groups excluding carboxylic acids is 2. The average Bonchev–Trinajstić information content (AvgIpc) is 3.27. The quantitative estimate of drug-likeness (QED) is 0.349. The number of nitrogens with zero attached hydrogens (tertiary/aromatic N) is 2. The van der Waals surface area contributed by atoms with Crippen LogP contribution < -0.4 is 20.2 Å². The molecule has 0 fully saturated rings. The first-order valence-electron chi connectivity index (χ1n) is 9.39. The summed E-state index contributed by atoms with van der Waals surface area (Å²) in [5.74, 6) is 0.203. The van der Waals surface area contributed by atoms with Crippen molar-refractivity contribution in [3.05, 3.63) is 93.5 Å². The minimum Gasteiger partial charge on any atom is -0.454 e. The normalized spacial score (nSPS) is 11.9. The number of ether oxygens (including phenoxy) is 2. The Morgan fingerprint density at radius 3 is 2.50 bits per heavy atom. The lowest BCUT2D eigenvalue weighted by molar-refractivity contribution is -0.384. The van der Waals surface area contributed by atoms with Gasteiger partial charge in [-0.1, -0.05) is 12.1 Å². The number of nitrogens with one attached hydrogen (secondary N) is 2. The first-order valence-corrected chi connectivity index (χ1v) is 9.39. The number of hydrazone groups is 1. The van der Waals surface area contributed by atoms with Crippen molar-refractivity contribution in [2.75, 3.05) is 12.1 Å². The third-order valence-corrected chi connectivity index (χ3v) is 4.54. The van der Waals surface area contributed by atoms with E-state index in [0.717, 1.165) is 0 Å². The molecule has 1 aliphatic heterocycles. The van der Waals surface area contributed by atoms with Crippen LogP contribution in [0.15, 0.2) is 71.8 Å². The maximum Gasteiger partial charge on any atom is 0.273 e. The summed E-state index contributed by atoms with van der Waals surface area (Å²) in [5, 5.41) is 17.3. The van der Waals surface area contributed by atoms with Crippen molar-refractivity contribution in [3.8, 4) is 11.5 Å². The zero-order chi connectivity index (χ0) is 22.5. The van der Waals surface area contributed by atoms with E-state index in [2.05, 4.69) is 15.8 Å². The van der Waals surface area contributed by atoms with Gasteiger partial charge in [-0.3, -0.25) is 19.7 Å². The Morgan fingerprint density at radius 2 is 1.72 bits per heavy atom. The van der Waals surface area contributed by atoms with E-state index in [9.17, 15) is 19.7 Å². The number of hydrogen-bond donors (Lipinski definition) is 2. The van der Waals surface area contributed by atoms with E-state index in [0.29, 0.717) is 17.1 Å².